The van der Waals surface area contributed by atoms with E-state index in [0.717, 1.165) is 57.8 Å². The maximum atomic E-state index is 14.3. The first-order chi connectivity index (χ1) is 18.4. The van der Waals surface area contributed by atoms with Crippen LogP contribution in [-0.2, 0) is 23.9 Å². The molecule has 0 aromatic heterocycles. The number of ether oxygens (including phenoxy) is 2. The van der Waals surface area contributed by atoms with Crippen molar-refractivity contribution in [1.82, 2.24) is 9.80 Å². The molecule has 8 nitrogen and oxygen atoms in total. The Morgan fingerprint density at radius 3 is 2.66 bits per heavy atom. The van der Waals surface area contributed by atoms with Crippen LogP contribution in [0.1, 0.15) is 84.5 Å². The Bertz CT molecular complexity index is 847. The number of esters is 1. The third-order valence-corrected chi connectivity index (χ3v) is 8.51. The molecule has 3 saturated heterocycles. The molecule has 38 heavy (non-hydrogen) atoms. The van der Waals surface area contributed by atoms with E-state index in [2.05, 4.69) is 20.1 Å². The summed E-state index contributed by atoms with van der Waals surface area (Å²) in [7, 11) is 0. The van der Waals surface area contributed by atoms with Crippen LogP contribution < -0.4 is 0 Å². The van der Waals surface area contributed by atoms with Gasteiger partial charge in [-0.2, -0.15) is 0 Å². The molecule has 3 aliphatic rings. The van der Waals surface area contributed by atoms with Crippen molar-refractivity contribution in [3.8, 4) is 0 Å². The van der Waals surface area contributed by atoms with Gasteiger partial charge in [-0.3, -0.25) is 14.4 Å². The van der Waals surface area contributed by atoms with E-state index in [0.29, 0.717) is 32.5 Å². The maximum absolute atomic E-state index is 14.3. The first-order valence-electron chi connectivity index (χ1n) is 14.7. The molecule has 2 amide bonds. The third kappa shape index (κ3) is 6.17. The highest BCUT2D eigenvalue weighted by molar-refractivity contribution is 5.98. The smallest absolute Gasteiger partial charge is 0.312 e. The molecule has 0 saturated carbocycles. The molecule has 2 bridgehead atoms. The molecule has 0 radical (unpaired) electrons. The number of allylic oxidation sites excluding steroid dienone is 1. The van der Waals surface area contributed by atoms with Crippen LogP contribution in [0.4, 0.5) is 0 Å². The average molecular weight is 533 g/mol. The molecule has 1 N–H and O–H groups in total. The lowest BCUT2D eigenvalue weighted by Gasteiger charge is -2.39. The van der Waals surface area contributed by atoms with Crippen molar-refractivity contribution in [2.75, 3.05) is 26.3 Å². The second kappa shape index (κ2) is 14.3. The normalized spacial score (nSPS) is 28.3. The molecular formula is C30H48N2O6. The predicted octanol–water partition coefficient (Wildman–Crippen LogP) is 4.02. The minimum atomic E-state index is -0.998. The Morgan fingerprint density at radius 2 is 1.97 bits per heavy atom. The summed E-state index contributed by atoms with van der Waals surface area (Å²) in [6, 6.07) is -0.759. The summed E-state index contributed by atoms with van der Waals surface area (Å²) in [6.07, 6.45) is 11.9. The number of hydrogen-bond donors (Lipinski definition) is 1. The lowest BCUT2D eigenvalue weighted by atomic mass is 9.70. The first kappa shape index (κ1) is 30.4. The summed E-state index contributed by atoms with van der Waals surface area (Å²) < 4.78 is 12.2. The largest absolute Gasteiger partial charge is 0.465 e. The van der Waals surface area contributed by atoms with Gasteiger partial charge in [0.25, 0.3) is 0 Å². The number of rotatable bonds is 18. The van der Waals surface area contributed by atoms with E-state index < -0.39 is 29.6 Å². The highest BCUT2D eigenvalue weighted by Crippen LogP contribution is 2.59. The quantitative estimate of drug-likeness (QED) is 0.163. The monoisotopic (exact) mass is 532 g/mol. The minimum absolute atomic E-state index is 0.00242. The van der Waals surface area contributed by atoms with Gasteiger partial charge in [-0.1, -0.05) is 38.3 Å². The van der Waals surface area contributed by atoms with Crippen LogP contribution in [-0.4, -0.2) is 82.8 Å². The van der Waals surface area contributed by atoms with Gasteiger partial charge in [0, 0.05) is 25.7 Å². The van der Waals surface area contributed by atoms with Crippen molar-refractivity contribution in [3.63, 3.8) is 0 Å². The Morgan fingerprint density at radius 1 is 1.21 bits per heavy atom. The van der Waals surface area contributed by atoms with Crippen molar-refractivity contribution in [2.45, 2.75) is 108 Å². The topological polar surface area (TPSA) is 96.4 Å². The predicted molar refractivity (Wildman–Crippen MR) is 146 cm³/mol. The Hall–Kier alpha value is -2.19. The molecule has 8 heteroatoms. The van der Waals surface area contributed by atoms with Gasteiger partial charge in [0.15, 0.2) is 0 Å². The minimum Gasteiger partial charge on any atom is -0.465 e. The van der Waals surface area contributed by atoms with Crippen molar-refractivity contribution < 1.29 is 29.0 Å². The number of carbonyl (C=O) groups excluding carboxylic acids is 3. The number of hydrogen-bond acceptors (Lipinski definition) is 6. The number of aliphatic hydroxyl groups is 1. The molecule has 0 aromatic carbocycles. The third-order valence-electron chi connectivity index (χ3n) is 8.51. The summed E-state index contributed by atoms with van der Waals surface area (Å²) in [5.41, 5.74) is -0.998. The van der Waals surface area contributed by atoms with Crippen molar-refractivity contribution in [1.29, 1.82) is 0 Å². The second-order valence-corrected chi connectivity index (χ2v) is 11.1. The zero-order valence-electron chi connectivity index (χ0n) is 23.4. The maximum Gasteiger partial charge on any atom is 0.312 e. The molecule has 1 spiro atoms. The number of carbonyl (C=O) groups is 3. The lowest BCUT2D eigenvalue weighted by molar-refractivity contribution is -0.155. The molecule has 3 unspecified atom stereocenters. The highest BCUT2D eigenvalue weighted by atomic mass is 16.6. The number of unbranched alkanes of at least 4 members (excludes halogenated alkanes) is 5. The van der Waals surface area contributed by atoms with E-state index in [1.54, 1.807) is 11.0 Å². The summed E-state index contributed by atoms with van der Waals surface area (Å²) in [4.78, 5) is 45.1. The lowest BCUT2D eigenvalue weighted by Crippen LogP contribution is -2.57. The van der Waals surface area contributed by atoms with E-state index in [-0.39, 0.29) is 30.4 Å². The van der Waals surface area contributed by atoms with E-state index in [9.17, 15) is 14.4 Å². The Labute approximate surface area is 228 Å². The molecule has 3 rings (SSSR count). The van der Waals surface area contributed by atoms with E-state index in [1.807, 2.05) is 17.9 Å². The Balaban J connectivity index is 1.86. The Kier molecular flexibility index (Phi) is 11.4. The summed E-state index contributed by atoms with van der Waals surface area (Å²) >= 11 is 0. The van der Waals surface area contributed by atoms with Crippen LogP contribution in [0.2, 0.25) is 0 Å². The number of aliphatic hydroxyl groups excluding tert-OH is 1. The molecule has 3 fully saturated rings. The molecular weight excluding hydrogens is 484 g/mol. The second-order valence-electron chi connectivity index (χ2n) is 11.1. The zero-order chi connectivity index (χ0) is 27.7. The van der Waals surface area contributed by atoms with E-state index >= 15 is 0 Å². The van der Waals surface area contributed by atoms with Gasteiger partial charge in [-0.05, 0) is 58.3 Å². The summed E-state index contributed by atoms with van der Waals surface area (Å²) in [5, 5.41) is 9.12. The molecule has 3 heterocycles. The van der Waals surface area contributed by atoms with E-state index in [4.69, 9.17) is 14.6 Å². The molecule has 0 aromatic rings. The summed E-state index contributed by atoms with van der Waals surface area (Å²) in [6.45, 7) is 13.0. The van der Waals surface area contributed by atoms with Crippen LogP contribution >= 0.6 is 0 Å². The fraction of sp³-hybridized carbons (Fsp3) is 0.767. The van der Waals surface area contributed by atoms with Crippen molar-refractivity contribution in [2.24, 2.45) is 11.8 Å². The van der Waals surface area contributed by atoms with Crippen molar-refractivity contribution >= 4 is 17.8 Å². The van der Waals surface area contributed by atoms with Gasteiger partial charge in [0.1, 0.15) is 11.6 Å². The fourth-order valence-electron chi connectivity index (χ4n) is 6.70. The van der Waals surface area contributed by atoms with Crippen LogP contribution in [0.25, 0.3) is 0 Å². The highest BCUT2D eigenvalue weighted by Gasteiger charge is 2.75. The van der Waals surface area contributed by atoms with Gasteiger partial charge in [0.2, 0.25) is 11.8 Å². The van der Waals surface area contributed by atoms with Crippen LogP contribution in [0.15, 0.2) is 25.3 Å². The molecule has 0 aliphatic carbocycles. The van der Waals surface area contributed by atoms with Gasteiger partial charge >= 0.3 is 5.97 Å². The fourth-order valence-corrected chi connectivity index (χ4v) is 6.70. The number of fused-ring (bicyclic) bond motifs is 1. The molecule has 3 aliphatic heterocycles. The zero-order valence-corrected chi connectivity index (χ0v) is 23.4. The number of likely N-dealkylation sites (tertiary alicyclic amines) is 1. The van der Waals surface area contributed by atoms with Gasteiger partial charge < -0.3 is 24.4 Å². The summed E-state index contributed by atoms with van der Waals surface area (Å²) in [5.74, 6) is -2.03. The van der Waals surface area contributed by atoms with Gasteiger partial charge in [0.05, 0.1) is 24.5 Å². The van der Waals surface area contributed by atoms with Gasteiger partial charge in [-0.15, -0.1) is 13.2 Å². The van der Waals surface area contributed by atoms with Crippen LogP contribution in [0.5, 0.6) is 0 Å². The SMILES string of the molecule is C=CCCCCOC(=O)[C@@H]1[C@@H]2CCC3(O2)C(C(=O)N(CC=C)C(C)CCC)N(CCCCCCO)C(=O)[C@H]13. The molecule has 214 valence electrons. The average Bonchev–Trinajstić information content (AvgIpc) is 3.54. The number of amides is 2. The van der Waals surface area contributed by atoms with E-state index in [1.165, 1.54) is 0 Å². The number of nitrogens with zero attached hydrogens (tertiary/aromatic N) is 2. The van der Waals surface area contributed by atoms with Crippen LogP contribution in [0, 0.1) is 11.8 Å². The van der Waals surface area contributed by atoms with Crippen LogP contribution in [0.3, 0.4) is 0 Å². The molecule has 6 atom stereocenters. The first-order valence-corrected chi connectivity index (χ1v) is 14.7. The van der Waals surface area contributed by atoms with Crippen molar-refractivity contribution in [3.05, 3.63) is 25.3 Å². The standard InChI is InChI=1S/C30H48N2O6/c1-5-8-9-14-21-37-29(36)24-23-16-17-30(38-23)25(24)27(34)32(19-12-10-11-13-20-33)26(30)28(35)31(18-7-3)22(4)15-6-2/h5,7,22-26,33H,1,3,6,8-21H2,2,4H3/t22?,23-,24+,25-,26?,30?/m0/s1. The van der Waals surface area contributed by atoms with Gasteiger partial charge in [-0.25, -0.2) is 0 Å².